The quantitative estimate of drug-likeness (QED) is 0.775. The highest BCUT2D eigenvalue weighted by Crippen LogP contribution is 2.29. The molecule has 16 heavy (non-hydrogen) atoms. The molecule has 0 saturated carbocycles. The van der Waals surface area contributed by atoms with Gasteiger partial charge in [-0.25, -0.2) is 0 Å². The first-order chi connectivity index (χ1) is 7.47. The van der Waals surface area contributed by atoms with Gasteiger partial charge in [0.05, 0.1) is 6.10 Å². The van der Waals surface area contributed by atoms with E-state index >= 15 is 0 Å². The highest BCUT2D eigenvalue weighted by atomic mass is 16.5. The molecule has 0 aromatic heterocycles. The van der Waals surface area contributed by atoms with Crippen LogP contribution in [0, 0.1) is 5.41 Å². The van der Waals surface area contributed by atoms with Crippen molar-refractivity contribution in [3.8, 4) is 0 Å². The molecule has 3 nitrogen and oxygen atoms in total. The summed E-state index contributed by atoms with van der Waals surface area (Å²) < 4.78 is 5.33. The summed E-state index contributed by atoms with van der Waals surface area (Å²) in [6, 6.07) is 0.432. The van der Waals surface area contributed by atoms with Crippen molar-refractivity contribution in [3.63, 3.8) is 0 Å². The van der Waals surface area contributed by atoms with Crippen LogP contribution in [0.3, 0.4) is 0 Å². The Hall–Kier alpha value is -0.120. The van der Waals surface area contributed by atoms with E-state index in [1.54, 1.807) is 7.11 Å². The third kappa shape index (κ3) is 4.04. The van der Waals surface area contributed by atoms with E-state index in [1.165, 1.54) is 25.9 Å². The third-order valence-corrected chi connectivity index (χ3v) is 4.12. The summed E-state index contributed by atoms with van der Waals surface area (Å²) in [4.78, 5) is 2.42. The number of piperidine rings is 1. The Morgan fingerprint density at radius 1 is 1.31 bits per heavy atom. The zero-order chi connectivity index (χ0) is 12.2. The van der Waals surface area contributed by atoms with Crippen molar-refractivity contribution in [1.82, 2.24) is 10.2 Å². The monoisotopic (exact) mass is 228 g/mol. The molecule has 0 aliphatic carbocycles. The second-order valence-corrected chi connectivity index (χ2v) is 5.72. The van der Waals surface area contributed by atoms with E-state index < -0.39 is 0 Å². The molecular weight excluding hydrogens is 200 g/mol. The lowest BCUT2D eigenvalue weighted by Crippen LogP contribution is -2.46. The summed E-state index contributed by atoms with van der Waals surface area (Å²) >= 11 is 0. The van der Waals surface area contributed by atoms with Crippen LogP contribution in [0.1, 0.15) is 33.6 Å². The van der Waals surface area contributed by atoms with Crippen LogP contribution in [0.5, 0.6) is 0 Å². The van der Waals surface area contributed by atoms with Gasteiger partial charge in [-0.3, -0.25) is 0 Å². The predicted octanol–water partition coefficient (Wildman–Crippen LogP) is 1.73. The maximum atomic E-state index is 5.33. The van der Waals surface area contributed by atoms with Gasteiger partial charge in [-0.05, 0) is 52.2 Å². The molecule has 2 atom stereocenters. The number of hydrogen-bond donors (Lipinski definition) is 1. The second-order valence-electron chi connectivity index (χ2n) is 5.72. The van der Waals surface area contributed by atoms with Crippen molar-refractivity contribution >= 4 is 0 Å². The van der Waals surface area contributed by atoms with Crippen LogP contribution in [0.25, 0.3) is 0 Å². The summed E-state index contributed by atoms with van der Waals surface area (Å²) in [5, 5.41) is 3.61. The normalized spacial score (nSPS) is 25.3. The number of ether oxygens (including phenoxy) is 1. The first-order valence-electron chi connectivity index (χ1n) is 6.41. The molecule has 1 aliphatic heterocycles. The fraction of sp³-hybridized carbons (Fsp3) is 1.00. The molecule has 1 fully saturated rings. The fourth-order valence-electron chi connectivity index (χ4n) is 2.11. The SMILES string of the molecule is COC(C)C(C)NCC1(C)CCN(C)CC1. The third-order valence-electron chi connectivity index (χ3n) is 4.12. The number of rotatable bonds is 5. The summed E-state index contributed by atoms with van der Waals surface area (Å²) in [7, 11) is 3.99. The molecule has 0 bridgehead atoms. The lowest BCUT2D eigenvalue weighted by Gasteiger charge is -2.39. The van der Waals surface area contributed by atoms with Gasteiger partial charge in [0.25, 0.3) is 0 Å². The van der Waals surface area contributed by atoms with Crippen molar-refractivity contribution in [2.75, 3.05) is 33.8 Å². The van der Waals surface area contributed by atoms with Crippen LogP contribution < -0.4 is 5.32 Å². The maximum Gasteiger partial charge on any atom is 0.0693 e. The van der Waals surface area contributed by atoms with Gasteiger partial charge in [0.1, 0.15) is 0 Å². The Kier molecular flexibility index (Phi) is 5.22. The zero-order valence-corrected chi connectivity index (χ0v) is 11.5. The first kappa shape index (κ1) is 13.9. The molecule has 0 amide bonds. The highest BCUT2D eigenvalue weighted by Gasteiger charge is 2.29. The molecule has 2 unspecified atom stereocenters. The Labute approximate surface area is 101 Å². The minimum absolute atomic E-state index is 0.287. The predicted molar refractivity (Wildman–Crippen MR) is 68.8 cm³/mol. The number of hydrogen-bond acceptors (Lipinski definition) is 3. The summed E-state index contributed by atoms with van der Waals surface area (Å²) in [5.74, 6) is 0. The molecule has 96 valence electrons. The van der Waals surface area contributed by atoms with E-state index in [-0.39, 0.29) is 6.10 Å². The van der Waals surface area contributed by atoms with Gasteiger partial charge in [-0.15, -0.1) is 0 Å². The zero-order valence-electron chi connectivity index (χ0n) is 11.5. The van der Waals surface area contributed by atoms with Crippen molar-refractivity contribution in [1.29, 1.82) is 0 Å². The van der Waals surface area contributed by atoms with Crippen LogP contribution in [0.15, 0.2) is 0 Å². The second kappa shape index (κ2) is 5.99. The van der Waals surface area contributed by atoms with Gasteiger partial charge in [0.2, 0.25) is 0 Å². The van der Waals surface area contributed by atoms with Gasteiger partial charge in [-0.2, -0.15) is 0 Å². The average molecular weight is 228 g/mol. The lowest BCUT2D eigenvalue weighted by atomic mass is 9.80. The number of methoxy groups -OCH3 is 1. The van der Waals surface area contributed by atoms with Crippen molar-refractivity contribution in [2.24, 2.45) is 5.41 Å². The molecule has 0 spiro atoms. The number of likely N-dealkylation sites (tertiary alicyclic amines) is 1. The van der Waals surface area contributed by atoms with Crippen LogP contribution in [0.2, 0.25) is 0 Å². The van der Waals surface area contributed by atoms with Crippen molar-refractivity contribution in [2.45, 2.75) is 45.8 Å². The van der Waals surface area contributed by atoms with Gasteiger partial charge in [-0.1, -0.05) is 6.92 Å². The van der Waals surface area contributed by atoms with E-state index in [2.05, 4.69) is 38.0 Å². The van der Waals surface area contributed by atoms with Gasteiger partial charge in [0.15, 0.2) is 0 Å². The largest absolute Gasteiger partial charge is 0.380 e. The summed E-state index contributed by atoms with van der Waals surface area (Å²) in [6.45, 7) is 10.3. The van der Waals surface area contributed by atoms with E-state index in [0.29, 0.717) is 11.5 Å². The molecule has 1 saturated heterocycles. The average Bonchev–Trinajstić information content (AvgIpc) is 2.29. The molecule has 1 N–H and O–H groups in total. The molecule has 1 heterocycles. The van der Waals surface area contributed by atoms with E-state index in [0.717, 1.165) is 6.54 Å². The topological polar surface area (TPSA) is 24.5 Å². The fourth-order valence-corrected chi connectivity index (χ4v) is 2.11. The highest BCUT2D eigenvalue weighted by molar-refractivity contribution is 4.84. The smallest absolute Gasteiger partial charge is 0.0693 e. The Bertz CT molecular complexity index is 200. The molecule has 3 heteroatoms. The van der Waals surface area contributed by atoms with Gasteiger partial charge < -0.3 is 15.0 Å². The lowest BCUT2D eigenvalue weighted by molar-refractivity contribution is 0.0758. The van der Waals surface area contributed by atoms with Gasteiger partial charge in [0, 0.05) is 19.7 Å². The van der Waals surface area contributed by atoms with E-state index in [9.17, 15) is 0 Å². The standard InChI is InChI=1S/C13H28N2O/c1-11(12(2)16-5)14-10-13(3)6-8-15(4)9-7-13/h11-12,14H,6-10H2,1-5H3. The van der Waals surface area contributed by atoms with Gasteiger partial charge >= 0.3 is 0 Å². The molecule has 0 radical (unpaired) electrons. The van der Waals surface area contributed by atoms with Crippen LogP contribution in [0.4, 0.5) is 0 Å². The molecule has 1 rings (SSSR count). The van der Waals surface area contributed by atoms with Crippen LogP contribution >= 0.6 is 0 Å². The Morgan fingerprint density at radius 3 is 2.38 bits per heavy atom. The minimum atomic E-state index is 0.287. The minimum Gasteiger partial charge on any atom is -0.380 e. The van der Waals surface area contributed by atoms with E-state index in [1.807, 2.05) is 0 Å². The first-order valence-corrected chi connectivity index (χ1v) is 6.41. The van der Waals surface area contributed by atoms with Crippen molar-refractivity contribution in [3.05, 3.63) is 0 Å². The molecule has 1 aliphatic rings. The van der Waals surface area contributed by atoms with Crippen LogP contribution in [-0.2, 0) is 4.74 Å². The summed E-state index contributed by atoms with van der Waals surface area (Å²) in [6.07, 6.45) is 2.88. The van der Waals surface area contributed by atoms with Crippen LogP contribution in [-0.4, -0.2) is 50.8 Å². The van der Waals surface area contributed by atoms with E-state index in [4.69, 9.17) is 4.74 Å². The Balaban J connectivity index is 2.31. The number of nitrogens with one attached hydrogen (secondary N) is 1. The Morgan fingerprint density at radius 2 is 1.88 bits per heavy atom. The molecule has 0 aromatic rings. The molecular formula is C13H28N2O. The number of nitrogens with zero attached hydrogens (tertiary/aromatic N) is 1. The maximum absolute atomic E-state index is 5.33. The molecule has 0 aromatic carbocycles. The summed E-state index contributed by atoms with van der Waals surface area (Å²) in [5.41, 5.74) is 0.466. The van der Waals surface area contributed by atoms with Crippen molar-refractivity contribution < 1.29 is 4.74 Å².